The van der Waals surface area contributed by atoms with E-state index >= 15 is 0 Å². The van der Waals surface area contributed by atoms with Crippen LogP contribution < -0.4 is 20.9 Å². The molecule has 4 rings (SSSR count). The van der Waals surface area contributed by atoms with Gasteiger partial charge in [-0.25, -0.2) is 13.2 Å². The van der Waals surface area contributed by atoms with Crippen molar-refractivity contribution < 1.29 is 32.5 Å². The normalized spacial score (nSPS) is 21.3. The molecule has 1 aliphatic heterocycles. The molecular weight excluding hydrogens is 436 g/mol. The number of H-pyrrole nitrogens is 1. The van der Waals surface area contributed by atoms with E-state index in [4.69, 9.17) is 9.47 Å². The maximum atomic E-state index is 12.8. The average molecular weight is 452 g/mol. The number of aliphatic hydroxyl groups is 1. The fourth-order valence-corrected chi connectivity index (χ4v) is 4.39. The van der Waals surface area contributed by atoms with Crippen LogP contribution in [0.4, 0.5) is 0 Å². The van der Waals surface area contributed by atoms with E-state index in [1.54, 1.807) is 6.07 Å². The minimum Gasteiger partial charge on any atom is -0.452 e. The Hall–Kier alpha value is -3.49. The summed E-state index contributed by atoms with van der Waals surface area (Å²) in [6, 6.07) is 8.29. The maximum absolute atomic E-state index is 12.8. The molecule has 0 unspecified atom stereocenters. The quantitative estimate of drug-likeness (QED) is 0.427. The van der Waals surface area contributed by atoms with E-state index in [1.807, 2.05) is 0 Å². The lowest BCUT2D eigenvalue weighted by molar-refractivity contribution is -0.832. The number of aliphatic hydroxyl groups excluding tert-OH is 1. The van der Waals surface area contributed by atoms with Crippen LogP contribution in [0.2, 0.25) is 0 Å². The second-order valence-corrected chi connectivity index (χ2v) is 8.48. The summed E-state index contributed by atoms with van der Waals surface area (Å²) in [5, 5.41) is 24.6. The highest BCUT2D eigenvalue weighted by molar-refractivity contribution is 7.91. The van der Waals surface area contributed by atoms with E-state index in [-0.39, 0.29) is 22.8 Å². The van der Waals surface area contributed by atoms with Crippen LogP contribution >= 0.6 is 0 Å². The molecule has 31 heavy (non-hydrogen) atoms. The summed E-state index contributed by atoms with van der Waals surface area (Å²) < 4.78 is 41.9. The molecule has 164 valence electrons. The van der Waals surface area contributed by atoms with Gasteiger partial charge in [-0.3, -0.25) is 19.0 Å². The van der Waals surface area contributed by atoms with Crippen LogP contribution in [0, 0.1) is 5.21 Å². The summed E-state index contributed by atoms with van der Waals surface area (Å²) in [6.07, 6.45) is -1.71. The molecule has 1 aliphatic rings. The second-order valence-electron chi connectivity index (χ2n) is 6.62. The zero-order valence-corrected chi connectivity index (χ0v) is 16.5. The summed E-state index contributed by atoms with van der Waals surface area (Å²) in [4.78, 5) is 24.7. The van der Waals surface area contributed by atoms with Crippen LogP contribution in [-0.4, -0.2) is 47.0 Å². The summed E-state index contributed by atoms with van der Waals surface area (Å²) in [5.74, 6) is -0.598. The molecule has 2 aromatic heterocycles. The van der Waals surface area contributed by atoms with Gasteiger partial charge < -0.3 is 19.8 Å². The number of hydrogen-bond donors (Lipinski definition) is 2. The first-order valence-electron chi connectivity index (χ1n) is 8.95. The minimum absolute atomic E-state index is 0.00944. The average Bonchev–Trinajstić information content (AvgIpc) is 3.29. The second kappa shape index (κ2) is 7.98. The first-order chi connectivity index (χ1) is 14.8. The Bertz CT molecular complexity index is 1300. The number of aromatic amines is 1. The van der Waals surface area contributed by atoms with Gasteiger partial charge in [-0.2, -0.15) is 0 Å². The largest absolute Gasteiger partial charge is 0.452 e. The molecular formula is C17H16N4O9S. The van der Waals surface area contributed by atoms with Crippen LogP contribution in [0.15, 0.2) is 66.7 Å². The Morgan fingerprint density at radius 1 is 1.29 bits per heavy atom. The topological polar surface area (TPSA) is 181 Å². The molecule has 1 saturated heterocycles. The summed E-state index contributed by atoms with van der Waals surface area (Å²) >= 11 is 0. The fourth-order valence-electron chi connectivity index (χ4n) is 3.09. The summed E-state index contributed by atoms with van der Waals surface area (Å²) in [5.41, 5.74) is -1.30. The number of nitrogens with one attached hydrogen (secondary N) is 1. The third kappa shape index (κ3) is 3.95. The van der Waals surface area contributed by atoms with E-state index in [0.29, 0.717) is 0 Å². The third-order valence-corrected chi connectivity index (χ3v) is 6.33. The fraction of sp³-hybridized carbons (Fsp3) is 0.294. The number of sulfone groups is 1. The Morgan fingerprint density at radius 3 is 2.74 bits per heavy atom. The molecule has 14 heteroatoms. The highest BCUT2D eigenvalue weighted by atomic mass is 32.2. The van der Waals surface area contributed by atoms with Crippen molar-refractivity contribution in [3.05, 3.63) is 68.6 Å². The molecule has 13 nitrogen and oxygen atoms in total. The molecule has 2 N–H and O–H groups in total. The molecule has 0 spiro atoms. The molecule has 0 amide bonds. The van der Waals surface area contributed by atoms with Crippen molar-refractivity contribution in [2.24, 2.45) is 0 Å². The van der Waals surface area contributed by atoms with E-state index < -0.39 is 50.4 Å². The highest BCUT2D eigenvalue weighted by Gasteiger charge is 2.39. The predicted octanol–water partition coefficient (Wildman–Crippen LogP) is -1.28. The Labute approximate surface area is 173 Å². The lowest BCUT2D eigenvalue weighted by atomic mass is 10.2. The highest BCUT2D eigenvalue weighted by Crippen LogP contribution is 2.29. The van der Waals surface area contributed by atoms with Gasteiger partial charge in [0, 0.05) is 18.7 Å². The Balaban J connectivity index is 1.52. The lowest BCUT2D eigenvalue weighted by Gasteiger charge is -2.15. The molecule has 3 aromatic rings. The first kappa shape index (κ1) is 20.8. The first-order valence-corrected chi connectivity index (χ1v) is 10.4. The Morgan fingerprint density at radius 2 is 2.03 bits per heavy atom. The van der Waals surface area contributed by atoms with Gasteiger partial charge >= 0.3 is 16.6 Å². The summed E-state index contributed by atoms with van der Waals surface area (Å²) in [7, 11) is -4.29. The SMILES string of the molecule is O=c1ccn([C@H]2C[C@H](O)[C@@H](COc3no[n+]([O-])c3S(=O)(=O)c3ccccc3)O2)c(=O)[nH]1. The van der Waals surface area contributed by atoms with Crippen LogP contribution in [0.3, 0.4) is 0 Å². The van der Waals surface area contributed by atoms with Crippen molar-refractivity contribution in [3.63, 3.8) is 0 Å². The van der Waals surface area contributed by atoms with Gasteiger partial charge in [0.25, 0.3) is 15.4 Å². The molecule has 3 heterocycles. The van der Waals surface area contributed by atoms with E-state index in [1.165, 1.54) is 30.5 Å². The zero-order valence-electron chi connectivity index (χ0n) is 15.7. The lowest BCUT2D eigenvalue weighted by Crippen LogP contribution is -2.33. The number of ether oxygens (including phenoxy) is 2. The van der Waals surface area contributed by atoms with Crippen LogP contribution in [0.5, 0.6) is 5.88 Å². The van der Waals surface area contributed by atoms with Gasteiger partial charge in [-0.05, 0) is 17.0 Å². The number of benzene rings is 1. The Kier molecular flexibility index (Phi) is 5.34. The van der Waals surface area contributed by atoms with Crippen molar-refractivity contribution in [1.82, 2.24) is 14.7 Å². The molecule has 1 aromatic carbocycles. The van der Waals surface area contributed by atoms with Gasteiger partial charge in [0.15, 0.2) is 0 Å². The van der Waals surface area contributed by atoms with Crippen LogP contribution in [0.25, 0.3) is 0 Å². The van der Waals surface area contributed by atoms with E-state index in [2.05, 4.69) is 14.8 Å². The van der Waals surface area contributed by atoms with E-state index in [0.717, 1.165) is 10.6 Å². The minimum atomic E-state index is -4.29. The molecule has 3 atom stereocenters. The molecule has 0 saturated carbocycles. The standard InChI is InChI=1S/C17H16N4O9S/c22-11-8-14(20-7-6-13(23)18-17(20)24)29-12(11)9-28-15-16(21(25)30-19-15)31(26,27)10-4-2-1-3-5-10/h1-7,11-12,14,22H,8-9H2,(H,18,23,24)/t11-,12+,14+/m0/s1. The number of aromatic nitrogens is 4. The molecule has 0 radical (unpaired) electrons. The zero-order chi connectivity index (χ0) is 22.2. The third-order valence-electron chi connectivity index (χ3n) is 4.60. The van der Waals surface area contributed by atoms with Crippen molar-refractivity contribution in [3.8, 4) is 5.88 Å². The van der Waals surface area contributed by atoms with Crippen molar-refractivity contribution in [1.29, 1.82) is 0 Å². The summed E-state index contributed by atoms with van der Waals surface area (Å²) in [6.45, 7) is -0.389. The molecule has 0 bridgehead atoms. The van der Waals surface area contributed by atoms with Gasteiger partial charge in [-0.1, -0.05) is 18.2 Å². The van der Waals surface area contributed by atoms with Gasteiger partial charge in [0.1, 0.15) is 18.9 Å². The molecule has 0 aliphatic carbocycles. The van der Waals surface area contributed by atoms with Crippen LogP contribution in [0.1, 0.15) is 12.6 Å². The van der Waals surface area contributed by atoms with Crippen molar-refractivity contribution in [2.75, 3.05) is 6.61 Å². The predicted molar refractivity (Wildman–Crippen MR) is 98.7 cm³/mol. The van der Waals surface area contributed by atoms with Crippen molar-refractivity contribution >= 4 is 9.84 Å². The van der Waals surface area contributed by atoms with Gasteiger partial charge in [-0.15, -0.1) is 0 Å². The number of hydrogen-bond acceptors (Lipinski definition) is 10. The van der Waals surface area contributed by atoms with Crippen molar-refractivity contribution in [2.45, 2.75) is 34.8 Å². The number of rotatable bonds is 6. The van der Waals surface area contributed by atoms with Crippen LogP contribution in [-0.2, 0) is 14.6 Å². The smallest absolute Gasteiger partial charge is 0.415 e. The monoisotopic (exact) mass is 452 g/mol. The van der Waals surface area contributed by atoms with Gasteiger partial charge in [0.05, 0.1) is 16.2 Å². The van der Waals surface area contributed by atoms with Gasteiger partial charge in [0.2, 0.25) is 0 Å². The number of nitrogens with zero attached hydrogens (tertiary/aromatic N) is 3. The molecule has 1 fully saturated rings. The maximum Gasteiger partial charge on any atom is 0.415 e. The van der Waals surface area contributed by atoms with E-state index in [9.17, 15) is 28.3 Å².